The highest BCUT2D eigenvalue weighted by molar-refractivity contribution is 5.88. The molecule has 0 radical (unpaired) electrons. The zero-order chi connectivity index (χ0) is 21.5. The Bertz CT molecular complexity index is 1570. The number of para-hydroxylation sites is 2. The molecular weight excluding hydrogens is 394 g/mol. The fourth-order valence-corrected chi connectivity index (χ4v) is 3.75. The van der Waals surface area contributed by atoms with Crippen molar-refractivity contribution in [1.29, 1.82) is 0 Å². The molecule has 0 aliphatic heterocycles. The molecule has 0 aliphatic rings. The molecule has 31 heavy (non-hydrogen) atoms. The quantitative estimate of drug-likeness (QED) is 0.473. The number of nitrogens with zero attached hydrogens (tertiary/aromatic N) is 1. The van der Waals surface area contributed by atoms with E-state index in [1.54, 1.807) is 18.3 Å². The second-order valence-corrected chi connectivity index (χ2v) is 7.09. The van der Waals surface area contributed by atoms with E-state index >= 15 is 0 Å². The third-order valence-corrected chi connectivity index (χ3v) is 5.23. The van der Waals surface area contributed by atoms with Gasteiger partial charge in [0.1, 0.15) is 28.2 Å². The van der Waals surface area contributed by atoms with Gasteiger partial charge < -0.3 is 18.8 Å². The Hall–Kier alpha value is -4.32. The van der Waals surface area contributed by atoms with Crippen LogP contribution < -0.4 is 15.6 Å². The van der Waals surface area contributed by atoms with Crippen LogP contribution in [0.3, 0.4) is 0 Å². The van der Waals surface area contributed by atoms with Gasteiger partial charge in [-0.2, -0.15) is 0 Å². The van der Waals surface area contributed by atoms with E-state index in [-0.39, 0.29) is 33.5 Å². The first kappa shape index (κ1) is 18.7. The molecule has 0 amide bonds. The van der Waals surface area contributed by atoms with Gasteiger partial charge in [0.05, 0.1) is 18.2 Å². The van der Waals surface area contributed by atoms with Gasteiger partial charge in [-0.25, -0.2) is 0 Å². The molecule has 0 saturated heterocycles. The third-order valence-electron chi connectivity index (χ3n) is 5.23. The lowest BCUT2D eigenvalue weighted by Crippen LogP contribution is -2.12. The molecule has 2 aromatic heterocycles. The number of aromatic hydroxyl groups is 1. The van der Waals surface area contributed by atoms with Gasteiger partial charge in [-0.15, -0.1) is 0 Å². The molecule has 0 saturated carbocycles. The van der Waals surface area contributed by atoms with Gasteiger partial charge in [-0.1, -0.05) is 30.3 Å². The highest BCUT2D eigenvalue weighted by Crippen LogP contribution is 2.31. The first-order valence-electron chi connectivity index (χ1n) is 9.62. The lowest BCUT2D eigenvalue weighted by Gasteiger charge is -2.13. The average Bonchev–Trinajstić information content (AvgIpc) is 2.79. The first-order chi connectivity index (χ1) is 15.1. The van der Waals surface area contributed by atoms with Crippen molar-refractivity contribution in [2.24, 2.45) is 0 Å². The Morgan fingerprint density at radius 3 is 2.45 bits per heavy atom. The summed E-state index contributed by atoms with van der Waals surface area (Å²) in [6.07, 6.45) is 1.67. The van der Waals surface area contributed by atoms with E-state index in [4.69, 9.17) is 9.15 Å². The highest BCUT2D eigenvalue weighted by Gasteiger charge is 2.17. The number of phenols is 1. The molecule has 3 aromatic carbocycles. The molecule has 0 bridgehead atoms. The van der Waals surface area contributed by atoms with E-state index in [1.807, 2.05) is 47.0 Å². The van der Waals surface area contributed by atoms with Crippen molar-refractivity contribution >= 4 is 21.9 Å². The van der Waals surface area contributed by atoms with Crippen LogP contribution in [0.2, 0.25) is 0 Å². The van der Waals surface area contributed by atoms with E-state index in [9.17, 15) is 14.7 Å². The van der Waals surface area contributed by atoms with Crippen LogP contribution in [0, 0.1) is 0 Å². The Balaban J connectivity index is 1.86. The van der Waals surface area contributed by atoms with Crippen LogP contribution in [0.5, 0.6) is 11.5 Å². The largest absolute Gasteiger partial charge is 0.507 e. The van der Waals surface area contributed by atoms with Gasteiger partial charge in [0.15, 0.2) is 10.9 Å². The van der Waals surface area contributed by atoms with Crippen LogP contribution in [0.15, 0.2) is 93.0 Å². The molecule has 0 fully saturated rings. The number of fused-ring (bicyclic) bond motifs is 2. The van der Waals surface area contributed by atoms with Crippen molar-refractivity contribution in [1.82, 2.24) is 4.57 Å². The number of hydrogen-bond donors (Lipinski definition) is 1. The number of ether oxygens (including phenoxy) is 1. The second kappa shape index (κ2) is 7.18. The van der Waals surface area contributed by atoms with E-state index < -0.39 is 5.43 Å². The molecule has 5 rings (SSSR count). The maximum absolute atomic E-state index is 13.3. The van der Waals surface area contributed by atoms with E-state index in [2.05, 4.69) is 0 Å². The molecule has 2 heterocycles. The van der Waals surface area contributed by atoms with E-state index in [0.29, 0.717) is 11.1 Å². The zero-order valence-electron chi connectivity index (χ0n) is 16.5. The van der Waals surface area contributed by atoms with Crippen LogP contribution >= 0.6 is 0 Å². The van der Waals surface area contributed by atoms with Gasteiger partial charge in [-0.3, -0.25) is 9.59 Å². The molecule has 6 nitrogen and oxygen atoms in total. The maximum atomic E-state index is 13.3. The number of benzene rings is 3. The lowest BCUT2D eigenvalue weighted by molar-refractivity contribution is 0.408. The molecular formula is C25H17NO5. The Kier molecular flexibility index (Phi) is 4.33. The molecule has 1 N–H and O–H groups in total. The lowest BCUT2D eigenvalue weighted by atomic mass is 10.1. The summed E-state index contributed by atoms with van der Waals surface area (Å²) in [5.41, 5.74) is 1.28. The monoisotopic (exact) mass is 411 g/mol. The van der Waals surface area contributed by atoms with Crippen molar-refractivity contribution in [3.63, 3.8) is 0 Å². The summed E-state index contributed by atoms with van der Waals surface area (Å²) in [6, 6.07) is 21.0. The van der Waals surface area contributed by atoms with Gasteiger partial charge in [0, 0.05) is 35.5 Å². The summed E-state index contributed by atoms with van der Waals surface area (Å²) < 4.78 is 13.0. The average molecular weight is 411 g/mol. The standard InChI is InChI=1S/C25H17NO5/c1-30-16-11-20(27)24-21(28)13-22(31-23(24)12-16)18-14-26(15-7-3-2-4-8-15)19-10-6-5-9-17(19)25(18)29/h2-14,27H,1H3. The predicted octanol–water partition coefficient (Wildman–Crippen LogP) is 4.48. The number of aromatic nitrogens is 1. The molecule has 0 atom stereocenters. The van der Waals surface area contributed by atoms with Crippen LogP contribution in [0.4, 0.5) is 0 Å². The van der Waals surface area contributed by atoms with Crippen LogP contribution in [0.25, 0.3) is 38.9 Å². The van der Waals surface area contributed by atoms with Crippen molar-refractivity contribution in [2.45, 2.75) is 0 Å². The van der Waals surface area contributed by atoms with Crippen LogP contribution in [-0.4, -0.2) is 16.8 Å². The highest BCUT2D eigenvalue weighted by atomic mass is 16.5. The number of hydrogen-bond acceptors (Lipinski definition) is 5. The SMILES string of the molecule is COc1cc(O)c2c(=O)cc(-c3cn(-c4ccccc4)c4ccccc4c3=O)oc2c1. The first-order valence-corrected chi connectivity index (χ1v) is 9.62. The molecule has 6 heteroatoms. The van der Waals surface area contributed by atoms with Crippen LogP contribution in [0.1, 0.15) is 0 Å². The van der Waals surface area contributed by atoms with Crippen molar-refractivity contribution in [3.8, 4) is 28.5 Å². The smallest absolute Gasteiger partial charge is 0.200 e. The molecule has 152 valence electrons. The van der Waals surface area contributed by atoms with E-state index in [0.717, 1.165) is 11.2 Å². The Morgan fingerprint density at radius 2 is 1.68 bits per heavy atom. The number of phenolic OH excluding ortho intramolecular Hbond substituents is 1. The summed E-state index contributed by atoms with van der Waals surface area (Å²) >= 11 is 0. The summed E-state index contributed by atoms with van der Waals surface area (Å²) in [5, 5.41) is 10.7. The molecule has 0 aliphatic carbocycles. The third kappa shape index (κ3) is 3.05. The predicted molar refractivity (Wildman–Crippen MR) is 119 cm³/mol. The van der Waals surface area contributed by atoms with Crippen LogP contribution in [-0.2, 0) is 0 Å². The van der Waals surface area contributed by atoms with Gasteiger partial charge >= 0.3 is 0 Å². The molecule has 5 aromatic rings. The minimum absolute atomic E-state index is 0.0359. The fraction of sp³-hybridized carbons (Fsp3) is 0.0400. The normalized spacial score (nSPS) is 11.1. The summed E-state index contributed by atoms with van der Waals surface area (Å²) in [7, 11) is 1.45. The summed E-state index contributed by atoms with van der Waals surface area (Å²) in [6.45, 7) is 0. The number of rotatable bonds is 3. The van der Waals surface area contributed by atoms with Gasteiger partial charge in [0.25, 0.3) is 0 Å². The second-order valence-electron chi connectivity index (χ2n) is 7.09. The van der Waals surface area contributed by atoms with Crippen molar-refractivity contribution in [2.75, 3.05) is 7.11 Å². The minimum atomic E-state index is -0.449. The number of methoxy groups -OCH3 is 1. The minimum Gasteiger partial charge on any atom is -0.507 e. The van der Waals surface area contributed by atoms with Gasteiger partial charge in [-0.05, 0) is 24.3 Å². The summed E-state index contributed by atoms with van der Waals surface area (Å²) in [5.74, 6) is 0.214. The summed E-state index contributed by atoms with van der Waals surface area (Å²) in [4.78, 5) is 26.1. The van der Waals surface area contributed by atoms with Crippen molar-refractivity contribution < 1.29 is 14.3 Å². The Labute approximate surface area is 176 Å². The van der Waals surface area contributed by atoms with E-state index in [1.165, 1.54) is 25.3 Å². The zero-order valence-corrected chi connectivity index (χ0v) is 16.5. The molecule has 0 unspecified atom stereocenters. The maximum Gasteiger partial charge on any atom is 0.200 e. The topological polar surface area (TPSA) is 81.7 Å². The van der Waals surface area contributed by atoms with Gasteiger partial charge in [0.2, 0.25) is 0 Å². The Morgan fingerprint density at radius 1 is 0.935 bits per heavy atom. The van der Waals surface area contributed by atoms with Crippen molar-refractivity contribution in [3.05, 3.63) is 99.4 Å². The fourth-order valence-electron chi connectivity index (χ4n) is 3.75. The molecule has 0 spiro atoms. The number of pyridine rings is 1.